The zero-order chi connectivity index (χ0) is 20.7. The van der Waals surface area contributed by atoms with Gasteiger partial charge in [-0.3, -0.25) is 4.79 Å². The molecule has 0 bridgehead atoms. The van der Waals surface area contributed by atoms with Gasteiger partial charge in [-0.1, -0.05) is 35.6 Å². The summed E-state index contributed by atoms with van der Waals surface area (Å²) in [6.45, 7) is 4.59. The van der Waals surface area contributed by atoms with E-state index in [9.17, 15) is 4.79 Å². The smallest absolute Gasteiger partial charge is 0.235 e. The third kappa shape index (κ3) is 3.36. The molecule has 8 heteroatoms. The maximum atomic E-state index is 12.5. The second-order valence-corrected chi connectivity index (χ2v) is 9.07. The number of thioether (sulfide) groups is 1. The van der Waals surface area contributed by atoms with Crippen molar-refractivity contribution in [1.29, 1.82) is 0 Å². The number of anilines is 1. The van der Waals surface area contributed by atoms with E-state index < -0.39 is 0 Å². The number of nitrogens with one attached hydrogen (secondary N) is 1. The number of carbonyl (C=O) groups excluding carboxylic acids is 1. The van der Waals surface area contributed by atoms with E-state index in [-0.39, 0.29) is 11.2 Å². The monoisotopic (exact) mass is 436 g/mol. The molecule has 152 valence electrons. The number of hydrogen-bond donors (Lipinski definition) is 1. The van der Waals surface area contributed by atoms with Gasteiger partial charge in [0.1, 0.15) is 11.6 Å². The van der Waals surface area contributed by atoms with E-state index in [1.807, 2.05) is 50.2 Å². The van der Waals surface area contributed by atoms with Gasteiger partial charge in [-0.05, 0) is 43.7 Å². The number of carbonyl (C=O) groups is 1. The molecule has 1 N–H and O–H groups in total. The van der Waals surface area contributed by atoms with Crippen molar-refractivity contribution in [3.8, 4) is 10.9 Å². The number of nitrogens with zero attached hydrogens (tertiary/aromatic N) is 3. The standard InChI is InChI=1S/C22H20N4O2S2/c1-3-28-15-10-8-14(9-11-15)20-19-13(2)25-26(21(19)24-18(27)12-29-20)22-23-16-6-4-5-7-17(16)30-22/h4-11,20H,3,12H2,1-2H3,(H,24,27). The molecule has 0 radical (unpaired) electrons. The molecule has 1 unspecified atom stereocenters. The molecule has 1 aliphatic heterocycles. The maximum absolute atomic E-state index is 12.5. The van der Waals surface area contributed by atoms with Crippen LogP contribution in [0.2, 0.25) is 0 Å². The zero-order valence-corrected chi connectivity index (χ0v) is 18.2. The first-order valence-corrected chi connectivity index (χ1v) is 11.6. The van der Waals surface area contributed by atoms with Crippen molar-refractivity contribution in [2.45, 2.75) is 19.1 Å². The first kappa shape index (κ1) is 19.1. The van der Waals surface area contributed by atoms with E-state index in [0.717, 1.165) is 37.9 Å². The number of thiazole rings is 1. The van der Waals surface area contributed by atoms with Gasteiger partial charge in [-0.2, -0.15) is 9.78 Å². The normalized spacial score (nSPS) is 16.2. The van der Waals surface area contributed by atoms with Gasteiger partial charge < -0.3 is 10.1 Å². The number of aromatic nitrogens is 3. The number of benzene rings is 2. The van der Waals surface area contributed by atoms with Crippen LogP contribution in [0.5, 0.6) is 5.75 Å². The van der Waals surface area contributed by atoms with Crippen molar-refractivity contribution in [2.75, 3.05) is 17.7 Å². The predicted octanol–water partition coefficient (Wildman–Crippen LogP) is 4.96. The second kappa shape index (κ2) is 7.77. The van der Waals surface area contributed by atoms with Crippen molar-refractivity contribution in [3.05, 3.63) is 65.4 Å². The Hall–Kier alpha value is -2.84. The van der Waals surface area contributed by atoms with Crippen LogP contribution in [0.1, 0.15) is 29.0 Å². The number of para-hydroxylation sites is 1. The molecule has 0 saturated heterocycles. The third-order valence-corrected chi connectivity index (χ3v) is 7.25. The van der Waals surface area contributed by atoms with Crippen LogP contribution in [0.25, 0.3) is 15.3 Å². The van der Waals surface area contributed by atoms with Crippen LogP contribution in [-0.4, -0.2) is 33.0 Å². The molecule has 0 fully saturated rings. The fraction of sp³-hybridized carbons (Fsp3) is 0.227. The molecular formula is C22H20N4O2S2. The van der Waals surface area contributed by atoms with Gasteiger partial charge in [0, 0.05) is 5.56 Å². The molecule has 0 spiro atoms. The molecular weight excluding hydrogens is 416 g/mol. The minimum atomic E-state index is -0.0306. The van der Waals surface area contributed by atoms with Crippen LogP contribution in [0.15, 0.2) is 48.5 Å². The van der Waals surface area contributed by atoms with Crippen molar-refractivity contribution in [3.63, 3.8) is 0 Å². The summed E-state index contributed by atoms with van der Waals surface area (Å²) in [7, 11) is 0. The molecule has 1 atom stereocenters. The minimum absolute atomic E-state index is 0.00208. The molecule has 4 aromatic rings. The van der Waals surface area contributed by atoms with E-state index in [2.05, 4.69) is 17.4 Å². The molecule has 2 aromatic carbocycles. The second-order valence-electron chi connectivity index (χ2n) is 6.96. The first-order valence-electron chi connectivity index (χ1n) is 9.73. The Morgan fingerprint density at radius 3 is 2.77 bits per heavy atom. The number of hydrogen-bond acceptors (Lipinski definition) is 6. The van der Waals surface area contributed by atoms with E-state index in [0.29, 0.717) is 18.2 Å². The van der Waals surface area contributed by atoms with Gasteiger partial charge in [0.25, 0.3) is 0 Å². The van der Waals surface area contributed by atoms with E-state index in [1.165, 1.54) is 0 Å². The highest BCUT2D eigenvalue weighted by molar-refractivity contribution is 8.00. The van der Waals surface area contributed by atoms with Crippen LogP contribution in [-0.2, 0) is 4.79 Å². The van der Waals surface area contributed by atoms with E-state index in [4.69, 9.17) is 14.8 Å². The zero-order valence-electron chi connectivity index (χ0n) is 16.6. The van der Waals surface area contributed by atoms with Gasteiger partial charge in [0.05, 0.1) is 33.5 Å². The number of ether oxygens (including phenoxy) is 1. The lowest BCUT2D eigenvalue weighted by Gasteiger charge is -2.15. The van der Waals surface area contributed by atoms with Gasteiger partial charge in [0.15, 0.2) is 0 Å². The van der Waals surface area contributed by atoms with Crippen molar-refractivity contribution in [2.24, 2.45) is 0 Å². The largest absolute Gasteiger partial charge is 0.494 e. The van der Waals surface area contributed by atoms with Crippen molar-refractivity contribution in [1.82, 2.24) is 14.8 Å². The van der Waals surface area contributed by atoms with Crippen molar-refractivity contribution >= 4 is 45.0 Å². The SMILES string of the molecule is CCOc1ccc(C2SCC(=O)Nc3c2c(C)nn3-c2nc3ccccc3s2)cc1. The highest BCUT2D eigenvalue weighted by Gasteiger charge is 2.31. The summed E-state index contributed by atoms with van der Waals surface area (Å²) in [6.07, 6.45) is 0. The van der Waals surface area contributed by atoms with Gasteiger partial charge in [-0.15, -0.1) is 11.8 Å². The molecule has 1 aliphatic rings. The molecule has 6 nitrogen and oxygen atoms in total. The average molecular weight is 437 g/mol. The number of fused-ring (bicyclic) bond motifs is 2. The molecule has 5 rings (SSSR count). The maximum Gasteiger partial charge on any atom is 0.235 e. The Kier molecular flexibility index (Phi) is 4.96. The highest BCUT2D eigenvalue weighted by atomic mass is 32.2. The summed E-state index contributed by atoms with van der Waals surface area (Å²) in [5, 5.41) is 8.58. The number of rotatable bonds is 4. The molecule has 30 heavy (non-hydrogen) atoms. The Morgan fingerprint density at radius 2 is 2.00 bits per heavy atom. The fourth-order valence-corrected chi connectivity index (χ4v) is 5.75. The third-order valence-electron chi connectivity index (χ3n) is 4.97. The number of aryl methyl sites for hydroxylation is 1. The molecule has 3 heterocycles. The Bertz CT molecular complexity index is 1200. The predicted molar refractivity (Wildman–Crippen MR) is 122 cm³/mol. The molecule has 0 saturated carbocycles. The van der Waals surface area contributed by atoms with Crippen LogP contribution in [0.4, 0.5) is 5.82 Å². The minimum Gasteiger partial charge on any atom is -0.494 e. The Balaban J connectivity index is 1.62. The molecule has 2 aromatic heterocycles. The lowest BCUT2D eigenvalue weighted by atomic mass is 10.0. The summed E-state index contributed by atoms with van der Waals surface area (Å²) in [6, 6.07) is 16.1. The molecule has 1 amide bonds. The quantitative estimate of drug-likeness (QED) is 0.489. The summed E-state index contributed by atoms with van der Waals surface area (Å²) in [5.74, 6) is 1.90. The lowest BCUT2D eigenvalue weighted by Crippen LogP contribution is -2.15. The fourth-order valence-electron chi connectivity index (χ4n) is 3.64. The Morgan fingerprint density at radius 1 is 1.20 bits per heavy atom. The van der Waals surface area contributed by atoms with E-state index >= 15 is 0 Å². The molecule has 0 aliphatic carbocycles. The summed E-state index contributed by atoms with van der Waals surface area (Å²) < 4.78 is 8.45. The van der Waals surface area contributed by atoms with Crippen molar-refractivity contribution < 1.29 is 9.53 Å². The summed E-state index contributed by atoms with van der Waals surface area (Å²) >= 11 is 3.18. The Labute approximate surface area is 182 Å². The number of amides is 1. The average Bonchev–Trinajstić information content (AvgIpc) is 3.26. The van der Waals surface area contributed by atoms with Gasteiger partial charge in [-0.25, -0.2) is 4.98 Å². The highest BCUT2D eigenvalue weighted by Crippen LogP contribution is 2.44. The first-order chi connectivity index (χ1) is 14.6. The van der Waals surface area contributed by atoms with Crippen LogP contribution >= 0.6 is 23.1 Å². The summed E-state index contributed by atoms with van der Waals surface area (Å²) in [4.78, 5) is 17.3. The summed E-state index contributed by atoms with van der Waals surface area (Å²) in [5.41, 5.74) is 3.96. The van der Waals surface area contributed by atoms with Crippen LogP contribution in [0.3, 0.4) is 0 Å². The lowest BCUT2D eigenvalue weighted by molar-refractivity contribution is -0.113. The topological polar surface area (TPSA) is 69.0 Å². The van der Waals surface area contributed by atoms with Gasteiger partial charge >= 0.3 is 0 Å². The van der Waals surface area contributed by atoms with E-state index in [1.54, 1.807) is 27.8 Å². The van der Waals surface area contributed by atoms with Crippen LogP contribution < -0.4 is 10.1 Å². The van der Waals surface area contributed by atoms with Crippen LogP contribution in [0, 0.1) is 6.92 Å². The van der Waals surface area contributed by atoms with Gasteiger partial charge in [0.2, 0.25) is 11.0 Å².